The predicted octanol–water partition coefficient (Wildman–Crippen LogP) is 1.10. The zero-order valence-electron chi connectivity index (χ0n) is 16.0. The van der Waals surface area contributed by atoms with Crippen LogP contribution in [0, 0.1) is 0 Å². The Kier molecular flexibility index (Phi) is 6.23. The molecule has 3 aromatic heterocycles. The van der Waals surface area contributed by atoms with Gasteiger partial charge in [0.05, 0.1) is 18.4 Å². The molecule has 3 N–H and O–H groups in total. The summed E-state index contributed by atoms with van der Waals surface area (Å²) in [4.78, 5) is 31.2. The molecule has 2 amide bonds. The molecular formula is C17H18N6O6S. The highest BCUT2D eigenvalue weighted by molar-refractivity contribution is 7.85. The van der Waals surface area contributed by atoms with Crippen LogP contribution >= 0.6 is 0 Å². The van der Waals surface area contributed by atoms with Gasteiger partial charge in [-0.05, 0) is 24.6 Å². The Balaban J connectivity index is 2.00. The number of amides is 2. The first kappa shape index (κ1) is 21.1. The molecule has 0 bridgehead atoms. The normalized spacial score (nSPS) is 11.3. The van der Waals surface area contributed by atoms with Crippen molar-refractivity contribution in [3.63, 3.8) is 0 Å². The van der Waals surface area contributed by atoms with Crippen molar-refractivity contribution >= 4 is 22.0 Å². The van der Waals surface area contributed by atoms with Crippen LogP contribution in [0.1, 0.15) is 12.5 Å². The van der Waals surface area contributed by atoms with Gasteiger partial charge < -0.3 is 9.73 Å². The first-order valence-corrected chi connectivity index (χ1v) is 10.5. The van der Waals surface area contributed by atoms with Crippen molar-refractivity contribution in [2.24, 2.45) is 0 Å². The summed E-state index contributed by atoms with van der Waals surface area (Å²) in [7, 11) is -3.71. The number of hydrogen-bond donors (Lipinski definition) is 3. The number of carbonyl (C=O) groups excluding carboxylic acids is 1. The van der Waals surface area contributed by atoms with E-state index in [4.69, 9.17) is 8.60 Å². The highest BCUT2D eigenvalue weighted by Crippen LogP contribution is 2.28. The fraction of sp³-hybridized carbons (Fsp3) is 0.235. The van der Waals surface area contributed by atoms with E-state index in [2.05, 4.69) is 30.8 Å². The lowest BCUT2D eigenvalue weighted by atomic mass is 10.0. The van der Waals surface area contributed by atoms with Crippen LogP contribution < -0.4 is 16.4 Å². The molecule has 0 aliphatic heterocycles. The molecule has 0 atom stereocenters. The average molecular weight is 434 g/mol. The number of hydrogen-bond acceptors (Lipinski definition) is 9. The van der Waals surface area contributed by atoms with E-state index in [1.165, 1.54) is 24.7 Å². The molecule has 0 radical (unpaired) electrons. The van der Waals surface area contributed by atoms with E-state index in [1.807, 2.05) is 0 Å². The highest BCUT2D eigenvalue weighted by atomic mass is 32.2. The van der Waals surface area contributed by atoms with E-state index in [0.29, 0.717) is 28.8 Å². The Morgan fingerprint density at radius 1 is 1.23 bits per heavy atom. The lowest BCUT2D eigenvalue weighted by molar-refractivity contribution is 0.252. The quantitative estimate of drug-likeness (QED) is 0.461. The summed E-state index contributed by atoms with van der Waals surface area (Å²) in [5, 5.41) is 11.0. The summed E-state index contributed by atoms with van der Waals surface area (Å²) < 4.78 is 32.8. The van der Waals surface area contributed by atoms with Gasteiger partial charge in [-0.25, -0.2) is 19.7 Å². The van der Waals surface area contributed by atoms with Crippen LogP contribution in [0.25, 0.3) is 22.6 Å². The van der Waals surface area contributed by atoms with Gasteiger partial charge in [-0.1, -0.05) is 0 Å². The summed E-state index contributed by atoms with van der Waals surface area (Å²) in [5.74, 6) is -0.454. The van der Waals surface area contributed by atoms with Crippen molar-refractivity contribution in [2.75, 3.05) is 18.1 Å². The van der Waals surface area contributed by atoms with Gasteiger partial charge in [0.25, 0.3) is 16.0 Å². The summed E-state index contributed by atoms with van der Waals surface area (Å²) in [5.41, 5.74) is 1.91. The average Bonchev–Trinajstić information content (AvgIpc) is 3.13. The predicted molar refractivity (Wildman–Crippen MR) is 106 cm³/mol. The van der Waals surface area contributed by atoms with E-state index in [0.717, 1.165) is 6.26 Å². The monoisotopic (exact) mass is 434 g/mol. The van der Waals surface area contributed by atoms with E-state index in [1.54, 1.807) is 13.0 Å². The molecule has 13 heteroatoms. The Bertz CT molecular complexity index is 1220. The third-order valence-electron chi connectivity index (χ3n) is 3.73. The first-order valence-electron chi connectivity index (χ1n) is 8.64. The van der Waals surface area contributed by atoms with Gasteiger partial charge >= 0.3 is 11.8 Å². The number of nitrogens with zero attached hydrogens (tertiary/aromatic N) is 3. The smallest absolute Gasteiger partial charge is 0.388 e. The number of aromatic amines is 1. The molecule has 158 valence electrons. The largest absolute Gasteiger partial charge is 0.434 e. The molecule has 3 aromatic rings. The SMILES string of the molecule is CCNC(=O)Nc1cc(COS(C)(=O)=O)c(-c2cncc(-c3n[nH]c(=O)o3)c2)cn1. The molecule has 12 nitrogen and oxygen atoms in total. The van der Waals surface area contributed by atoms with Gasteiger partial charge in [-0.3, -0.25) is 14.5 Å². The van der Waals surface area contributed by atoms with Crippen molar-refractivity contribution in [2.45, 2.75) is 13.5 Å². The van der Waals surface area contributed by atoms with Crippen molar-refractivity contribution in [1.82, 2.24) is 25.5 Å². The van der Waals surface area contributed by atoms with Crippen molar-refractivity contribution < 1.29 is 21.8 Å². The molecule has 3 heterocycles. The second-order valence-electron chi connectivity index (χ2n) is 6.06. The molecular weight excluding hydrogens is 416 g/mol. The standard InChI is InChI=1S/C17H18N6O6S/c1-3-19-16(24)21-14-5-12(9-28-30(2,26)27)13(8-20-14)10-4-11(7-18-6-10)15-22-23-17(25)29-15/h4-8H,3,9H2,1-2H3,(H,23,25)(H2,19,20,21,24). The molecule has 0 aromatic carbocycles. The Morgan fingerprint density at radius 3 is 2.67 bits per heavy atom. The van der Waals surface area contributed by atoms with E-state index < -0.39 is 21.9 Å². The third kappa shape index (κ3) is 5.48. The van der Waals surface area contributed by atoms with Crippen molar-refractivity contribution in [3.05, 3.63) is 46.8 Å². The van der Waals surface area contributed by atoms with E-state index in [-0.39, 0.29) is 18.3 Å². The maximum atomic E-state index is 11.8. The van der Waals surface area contributed by atoms with Gasteiger partial charge in [-0.2, -0.15) is 8.42 Å². The Labute approximate surface area is 170 Å². The number of pyridine rings is 2. The molecule has 0 aliphatic rings. The molecule has 0 saturated carbocycles. The molecule has 0 aliphatic carbocycles. The molecule has 30 heavy (non-hydrogen) atoms. The minimum absolute atomic E-state index is 0.0470. The lowest BCUT2D eigenvalue weighted by Gasteiger charge is -2.12. The van der Waals surface area contributed by atoms with Gasteiger partial charge in [-0.15, -0.1) is 5.10 Å². The molecule has 0 spiro atoms. The van der Waals surface area contributed by atoms with Crippen LogP contribution in [0.5, 0.6) is 0 Å². The number of nitrogens with one attached hydrogen (secondary N) is 3. The summed E-state index contributed by atoms with van der Waals surface area (Å²) in [6.07, 6.45) is 5.35. The second-order valence-corrected chi connectivity index (χ2v) is 7.70. The number of H-pyrrole nitrogens is 1. The van der Waals surface area contributed by atoms with E-state index in [9.17, 15) is 18.0 Å². The Hall–Kier alpha value is -3.58. The second kappa shape index (κ2) is 8.84. The first-order chi connectivity index (χ1) is 14.2. The topological polar surface area (TPSA) is 169 Å². The van der Waals surface area contributed by atoms with Gasteiger partial charge in [0.2, 0.25) is 0 Å². The minimum atomic E-state index is -3.71. The number of aromatic nitrogens is 4. The number of rotatable bonds is 7. The van der Waals surface area contributed by atoms with Crippen LogP contribution in [0.15, 0.2) is 39.9 Å². The fourth-order valence-electron chi connectivity index (χ4n) is 2.49. The van der Waals surface area contributed by atoms with Crippen LogP contribution in [0.2, 0.25) is 0 Å². The van der Waals surface area contributed by atoms with Crippen LogP contribution in [0.4, 0.5) is 10.6 Å². The van der Waals surface area contributed by atoms with E-state index >= 15 is 0 Å². The highest BCUT2D eigenvalue weighted by Gasteiger charge is 2.14. The van der Waals surface area contributed by atoms with Gasteiger partial charge in [0.1, 0.15) is 5.82 Å². The van der Waals surface area contributed by atoms with Gasteiger partial charge in [0.15, 0.2) is 0 Å². The zero-order valence-corrected chi connectivity index (χ0v) is 16.8. The van der Waals surface area contributed by atoms with Gasteiger partial charge in [0, 0.05) is 36.3 Å². The number of anilines is 1. The Morgan fingerprint density at radius 2 is 2.00 bits per heavy atom. The minimum Gasteiger partial charge on any atom is -0.388 e. The molecule has 0 unspecified atom stereocenters. The summed E-state index contributed by atoms with van der Waals surface area (Å²) >= 11 is 0. The number of carbonyl (C=O) groups is 1. The molecule has 0 saturated heterocycles. The molecule has 0 fully saturated rings. The zero-order chi connectivity index (χ0) is 21.7. The third-order valence-corrected chi connectivity index (χ3v) is 4.28. The maximum absolute atomic E-state index is 11.8. The van der Waals surface area contributed by atoms with Crippen LogP contribution in [-0.4, -0.2) is 47.4 Å². The van der Waals surface area contributed by atoms with Crippen molar-refractivity contribution in [3.8, 4) is 22.6 Å². The maximum Gasteiger partial charge on any atom is 0.434 e. The molecule has 3 rings (SSSR count). The van der Waals surface area contributed by atoms with Crippen LogP contribution in [0.3, 0.4) is 0 Å². The summed E-state index contributed by atoms with van der Waals surface area (Å²) in [6, 6.07) is 2.69. The summed E-state index contributed by atoms with van der Waals surface area (Å²) in [6.45, 7) is 1.90. The lowest BCUT2D eigenvalue weighted by Crippen LogP contribution is -2.28. The van der Waals surface area contributed by atoms with Crippen LogP contribution in [-0.2, 0) is 20.9 Å². The van der Waals surface area contributed by atoms with Crippen molar-refractivity contribution in [1.29, 1.82) is 0 Å². The fourth-order valence-corrected chi connectivity index (χ4v) is 2.83. The number of urea groups is 1.